The zero-order valence-electron chi connectivity index (χ0n) is 25.5. The Morgan fingerprint density at radius 3 is 0.115 bits per heavy atom. The summed E-state index contributed by atoms with van der Waals surface area (Å²) in [5.41, 5.74) is 0. The van der Waals surface area contributed by atoms with Crippen LogP contribution in [0.5, 0.6) is 0 Å². The van der Waals surface area contributed by atoms with E-state index in [0.29, 0.717) is 0 Å². The van der Waals surface area contributed by atoms with Gasteiger partial charge in [0.15, 0.2) is 0 Å². The first-order valence-electron chi connectivity index (χ1n) is 8.00. The molecule has 0 fully saturated rings. The summed E-state index contributed by atoms with van der Waals surface area (Å²) in [5, 5.41) is 0. The molecule has 392 valence electrons. The van der Waals surface area contributed by atoms with Crippen LogP contribution in [0.1, 0.15) is 0 Å². The van der Waals surface area contributed by atoms with Gasteiger partial charge in [-0.2, -0.15) is 0 Å². The Morgan fingerprint density at radius 1 is 0.115 bits per heavy atom. The van der Waals surface area contributed by atoms with Gasteiger partial charge in [0, 0.05) is 0 Å². The Morgan fingerprint density at radius 2 is 0.115 bits per heavy atom. The Hall–Kier alpha value is 2.46. The average molecular weight is 1940 g/mol. The maximum absolute atomic E-state index is 8.63. The molecule has 0 spiro atoms. The van der Waals surface area contributed by atoms with E-state index in [2.05, 4.69) is 0 Å². The standard InChI is InChI=1S/12Mo.H3N.48O/h;;;;;;;;;;;;1H3;;;;;;;;;;;;;;;;;;;;;;;;;;;;;;;;;;;;;;;;;;;;;;;;/q;;;;;;;;;;;;;;;;;;;;;;;;;;;;;;;;;;;;;24*-1/p+1. The van der Waals surface area contributed by atoms with Gasteiger partial charge in [-0.15, -0.1) is 0 Å². The summed E-state index contributed by atoms with van der Waals surface area (Å²) < 4.78 is 414. The van der Waals surface area contributed by atoms with E-state index in [1.807, 2.05) is 0 Å². The Kier molecular flexibility index (Phi) is 67.8. The molecule has 0 aromatic rings. The third kappa shape index (κ3) is 37700. The first-order valence-corrected chi connectivity index (χ1v) is 47.3. The van der Waals surface area contributed by atoms with Crippen LogP contribution < -0.4 is 96.4 Å². The summed E-state index contributed by atoms with van der Waals surface area (Å²) in [5.74, 6) is 0. The molecule has 0 aliphatic heterocycles. The molecule has 0 heterocycles. The second-order valence-corrected chi connectivity index (χ2v) is 29.0. The summed E-state index contributed by atoms with van der Waals surface area (Å²) in [4.78, 5) is 0. The average Bonchev–Trinajstić information content (AvgIpc) is 2.48. The van der Waals surface area contributed by atoms with E-state index in [1.165, 1.54) is 0 Å². The SMILES string of the molecule is [NH4+].[O]=[Mo](=[O])([O-])[O-].[O]=[Mo](=[O])([O-])[O-].[O]=[Mo](=[O])([O-])[O-].[O]=[Mo](=[O])([O-])[O-].[O]=[Mo](=[O])([O-])[O-].[O]=[Mo](=[O])([O-])[O-].[O]=[Mo](=[O])([O-])[O-].[O]=[Mo](=[O])([O-])[O-].[O]=[Mo](=[O])([O-])[O-].[O]=[Mo](=[O])([O-])[O-].[O]=[Mo](=[O])([O-])[O-].[O]=[Mo](=[O])([O-])[O-]. The van der Waals surface area contributed by atoms with Crippen LogP contribution in [0.3, 0.4) is 0 Å². The minimum atomic E-state index is -6.02. The van der Waals surface area contributed by atoms with Crippen LogP contribution in [-0.2, 0) is 282 Å². The molecule has 0 aromatic heterocycles. The van der Waals surface area contributed by atoms with Crippen molar-refractivity contribution in [3.63, 3.8) is 0 Å². The Labute approximate surface area is 372 Å². The van der Waals surface area contributed by atoms with Crippen LogP contribution >= 0.6 is 0 Å². The van der Waals surface area contributed by atoms with Gasteiger partial charge in [0.1, 0.15) is 0 Å². The molecule has 0 aliphatic carbocycles. The van der Waals surface area contributed by atoms with Gasteiger partial charge in [-0.25, -0.2) is 0 Å². The molecule has 0 atom stereocenters. The van der Waals surface area contributed by atoms with Crippen LogP contribution in [0.15, 0.2) is 0 Å². The summed E-state index contributed by atoms with van der Waals surface area (Å²) in [7, 11) is 0. The molecule has 0 radical (unpaired) electrons. The minimum absolute atomic E-state index is 0. The van der Waals surface area contributed by atoms with Gasteiger partial charge >= 0.3 is 373 Å². The predicted octanol–water partition coefficient (Wildman–Crippen LogP) is -31.0. The molecule has 0 bridgehead atoms. The molecule has 0 amide bonds. The van der Waals surface area contributed by atoms with Gasteiger partial charge in [-0.3, -0.25) is 0 Å². The quantitative estimate of drug-likeness (QED) is 0.220. The number of quaternary nitrogens is 1. The second-order valence-electron chi connectivity index (χ2n) is 4.90. The van der Waals surface area contributed by atoms with E-state index in [9.17, 15) is 0 Å². The van der Waals surface area contributed by atoms with E-state index in [4.69, 9.17) is 172 Å². The molecule has 0 unspecified atom stereocenters. The van der Waals surface area contributed by atoms with Crippen LogP contribution in [0.2, 0.25) is 0 Å². The van der Waals surface area contributed by atoms with Crippen molar-refractivity contribution < 1.29 is 373 Å². The summed E-state index contributed by atoms with van der Waals surface area (Å²) in [6.45, 7) is 0. The van der Waals surface area contributed by atoms with Crippen LogP contribution in [-0.4, -0.2) is 0 Å². The van der Waals surface area contributed by atoms with E-state index in [0.717, 1.165) is 0 Å². The van der Waals surface area contributed by atoms with E-state index in [1.54, 1.807) is 0 Å². The van der Waals surface area contributed by atoms with Crippen LogP contribution in [0, 0.1) is 0 Å². The molecule has 61 heteroatoms. The zero-order valence-corrected chi connectivity index (χ0v) is 49.6. The molecule has 4 N–H and O–H groups in total. The molecule has 0 rings (SSSR count). The Bertz CT molecular complexity index is 1690. The van der Waals surface area contributed by atoms with Gasteiger partial charge < -0.3 is 6.15 Å². The van der Waals surface area contributed by atoms with Crippen LogP contribution in [0.4, 0.5) is 0 Å². The first kappa shape index (κ1) is 97.2. The molecular formula is H4Mo12NO48-23. The number of rotatable bonds is 0. The normalized spacial score (nSPS) is 11.4. The molecule has 0 saturated carbocycles. The third-order valence-corrected chi connectivity index (χ3v) is 0. The van der Waals surface area contributed by atoms with E-state index >= 15 is 0 Å². The molecule has 0 aliphatic rings. The van der Waals surface area contributed by atoms with Crippen molar-refractivity contribution in [2.24, 2.45) is 0 Å². The predicted molar refractivity (Wildman–Crippen MR) is 22.5 cm³/mol. The molecule has 0 aromatic carbocycles. The van der Waals surface area contributed by atoms with Crippen molar-refractivity contribution >= 4 is 0 Å². The van der Waals surface area contributed by atoms with Gasteiger partial charge in [0.05, 0.1) is 0 Å². The van der Waals surface area contributed by atoms with Gasteiger partial charge in [-0.05, 0) is 0 Å². The van der Waals surface area contributed by atoms with Crippen molar-refractivity contribution in [3.05, 3.63) is 0 Å². The third-order valence-electron chi connectivity index (χ3n) is 0. The molecular weight excluding hydrogens is 1930 g/mol. The van der Waals surface area contributed by atoms with Crippen molar-refractivity contribution in [3.8, 4) is 0 Å². The van der Waals surface area contributed by atoms with Crippen molar-refractivity contribution in [2.45, 2.75) is 0 Å². The number of hydrogen-bond acceptors (Lipinski definition) is 48. The fraction of sp³-hybridized carbons (Fsp3) is 0. The summed E-state index contributed by atoms with van der Waals surface area (Å²) in [6, 6.07) is 0. The number of hydrogen-bond donors (Lipinski definition) is 1. The van der Waals surface area contributed by atoms with Gasteiger partial charge in [0.2, 0.25) is 0 Å². The molecule has 61 heavy (non-hydrogen) atoms. The topological polar surface area (TPSA) is 1000 Å². The maximum atomic E-state index is 8.63. The summed E-state index contributed by atoms with van der Waals surface area (Å²) in [6.07, 6.45) is 0. The fourth-order valence-corrected chi connectivity index (χ4v) is 0. The molecule has 49 nitrogen and oxygen atoms in total. The van der Waals surface area contributed by atoms with Crippen LogP contribution in [0.25, 0.3) is 0 Å². The van der Waals surface area contributed by atoms with Gasteiger partial charge in [0.25, 0.3) is 0 Å². The van der Waals surface area contributed by atoms with E-state index < -0.39 is 201 Å². The van der Waals surface area contributed by atoms with E-state index in [-0.39, 0.29) is 6.15 Å². The zero-order chi connectivity index (χ0) is 54.0. The van der Waals surface area contributed by atoms with Gasteiger partial charge in [-0.1, -0.05) is 0 Å². The first-order chi connectivity index (χ1) is 24.0. The molecule has 0 saturated heterocycles. The van der Waals surface area contributed by atoms with Crippen molar-refractivity contribution in [1.82, 2.24) is 6.15 Å². The summed E-state index contributed by atoms with van der Waals surface area (Å²) >= 11 is -72.2. The second kappa shape index (κ2) is 42.6. The Balaban J connectivity index is -0.0000000374. The van der Waals surface area contributed by atoms with Crippen molar-refractivity contribution in [1.29, 1.82) is 0 Å². The van der Waals surface area contributed by atoms with Crippen molar-refractivity contribution in [2.75, 3.05) is 0 Å². The monoisotopic (exact) mass is 1960 g/mol. The fourth-order valence-electron chi connectivity index (χ4n) is 0.